The average Bonchev–Trinajstić information content (AvgIpc) is 3.53. The average molecular weight is 393 g/mol. The van der Waals surface area contributed by atoms with Gasteiger partial charge < -0.3 is 15.0 Å². The molecule has 1 saturated carbocycles. The molecule has 1 aliphatic rings. The summed E-state index contributed by atoms with van der Waals surface area (Å²) in [5, 5.41) is 22.9. The van der Waals surface area contributed by atoms with Crippen molar-refractivity contribution < 1.29 is 9.90 Å². The maximum absolute atomic E-state index is 11.8. The fraction of sp³-hybridized carbons (Fsp3) is 0.120. The fourth-order valence-corrected chi connectivity index (χ4v) is 3.82. The van der Waals surface area contributed by atoms with E-state index in [9.17, 15) is 9.90 Å². The summed E-state index contributed by atoms with van der Waals surface area (Å²) in [7, 11) is 0. The Bertz CT molecular complexity index is 1310. The molecule has 4 aromatic rings. The van der Waals surface area contributed by atoms with Crippen molar-refractivity contribution in [2.75, 3.05) is 5.32 Å². The largest absolute Gasteiger partial charge is 0.478 e. The molecule has 0 atom stereocenters. The molecule has 0 amide bonds. The van der Waals surface area contributed by atoms with E-state index >= 15 is 0 Å². The van der Waals surface area contributed by atoms with Crippen LogP contribution in [0.25, 0.3) is 16.6 Å². The van der Waals surface area contributed by atoms with E-state index in [-0.39, 0.29) is 0 Å². The lowest BCUT2D eigenvalue weighted by atomic mass is 10.0. The summed E-state index contributed by atoms with van der Waals surface area (Å²) in [6.07, 6.45) is 4.26. The Morgan fingerprint density at radius 2 is 1.83 bits per heavy atom. The number of nitriles is 1. The summed E-state index contributed by atoms with van der Waals surface area (Å²) in [6.45, 7) is 0. The minimum Gasteiger partial charge on any atom is -0.478 e. The van der Waals surface area contributed by atoms with Gasteiger partial charge in [0.2, 0.25) is 0 Å². The molecule has 146 valence electrons. The number of carboxylic acid groups (broad SMARTS) is 1. The normalized spacial score (nSPS) is 13.2. The molecule has 5 rings (SSSR count). The molecule has 1 fully saturated rings. The first-order valence-electron chi connectivity index (χ1n) is 9.88. The molecule has 30 heavy (non-hydrogen) atoms. The molecular weight excluding hydrogens is 374 g/mol. The van der Waals surface area contributed by atoms with E-state index in [4.69, 9.17) is 5.26 Å². The molecule has 1 aromatic heterocycles. The van der Waals surface area contributed by atoms with E-state index in [0.29, 0.717) is 22.7 Å². The number of hydrogen-bond acceptors (Lipinski definition) is 3. The molecule has 0 aliphatic heterocycles. The number of fused-ring (bicyclic) bond motifs is 1. The zero-order chi connectivity index (χ0) is 20.7. The summed E-state index contributed by atoms with van der Waals surface area (Å²) in [4.78, 5) is 11.8. The van der Waals surface area contributed by atoms with Crippen LogP contribution in [0.15, 0.2) is 72.9 Å². The summed E-state index contributed by atoms with van der Waals surface area (Å²) < 4.78 is 2.06. The number of carboxylic acids is 1. The number of nitrogens with zero attached hydrogens (tertiary/aromatic N) is 2. The van der Waals surface area contributed by atoms with Gasteiger partial charge in [0.1, 0.15) is 0 Å². The standard InChI is InChI=1S/C25H19N3O2/c26-15-16-1-7-21(8-2-16)28-12-11-19-13-20(6-10-24(19)28)27-23-9-5-18(17-3-4-17)14-22(23)25(29)30/h1-2,5-14,17,27H,3-4H2,(H,29,30). The summed E-state index contributed by atoms with van der Waals surface area (Å²) >= 11 is 0. The van der Waals surface area contributed by atoms with Gasteiger partial charge in [0.25, 0.3) is 0 Å². The predicted molar refractivity (Wildman–Crippen MR) is 117 cm³/mol. The van der Waals surface area contributed by atoms with Crippen LogP contribution >= 0.6 is 0 Å². The van der Waals surface area contributed by atoms with Gasteiger partial charge in [0, 0.05) is 23.0 Å². The zero-order valence-electron chi connectivity index (χ0n) is 16.2. The second-order valence-electron chi connectivity index (χ2n) is 7.63. The molecular formula is C25H19N3O2. The number of carbonyl (C=O) groups is 1. The van der Waals surface area contributed by atoms with Crippen molar-refractivity contribution in [2.24, 2.45) is 0 Å². The van der Waals surface area contributed by atoms with Crippen molar-refractivity contribution in [2.45, 2.75) is 18.8 Å². The predicted octanol–water partition coefficient (Wildman–Crippen LogP) is 5.82. The van der Waals surface area contributed by atoms with E-state index in [0.717, 1.165) is 40.7 Å². The number of aromatic nitrogens is 1. The van der Waals surface area contributed by atoms with Crippen molar-refractivity contribution in [3.63, 3.8) is 0 Å². The maximum atomic E-state index is 11.8. The van der Waals surface area contributed by atoms with Gasteiger partial charge in [-0.15, -0.1) is 0 Å². The first-order chi connectivity index (χ1) is 14.6. The molecule has 0 spiro atoms. The molecule has 0 radical (unpaired) electrons. The summed E-state index contributed by atoms with van der Waals surface area (Å²) in [5.41, 5.74) is 5.48. The van der Waals surface area contributed by atoms with Crippen LogP contribution in [0.3, 0.4) is 0 Å². The lowest BCUT2D eigenvalue weighted by Gasteiger charge is -2.12. The third kappa shape index (κ3) is 3.29. The van der Waals surface area contributed by atoms with Crippen LogP contribution in [-0.2, 0) is 0 Å². The molecule has 0 bridgehead atoms. The first kappa shape index (κ1) is 18.0. The van der Waals surface area contributed by atoms with Gasteiger partial charge in [-0.05, 0) is 85.0 Å². The second-order valence-corrected chi connectivity index (χ2v) is 7.63. The Morgan fingerprint density at radius 3 is 2.53 bits per heavy atom. The highest BCUT2D eigenvalue weighted by atomic mass is 16.4. The van der Waals surface area contributed by atoms with Gasteiger partial charge >= 0.3 is 5.97 Å². The number of hydrogen-bond donors (Lipinski definition) is 2. The monoisotopic (exact) mass is 393 g/mol. The molecule has 2 N–H and O–H groups in total. The second kappa shape index (κ2) is 7.09. The van der Waals surface area contributed by atoms with Crippen molar-refractivity contribution in [1.29, 1.82) is 5.26 Å². The van der Waals surface area contributed by atoms with Crippen LogP contribution in [0.5, 0.6) is 0 Å². The van der Waals surface area contributed by atoms with Gasteiger partial charge in [-0.2, -0.15) is 5.26 Å². The van der Waals surface area contributed by atoms with Gasteiger partial charge in [-0.25, -0.2) is 4.79 Å². The smallest absolute Gasteiger partial charge is 0.337 e. The summed E-state index contributed by atoms with van der Waals surface area (Å²) in [5.74, 6) is -0.413. The first-order valence-corrected chi connectivity index (χ1v) is 9.88. The van der Waals surface area contributed by atoms with Gasteiger partial charge in [0.05, 0.1) is 28.4 Å². The van der Waals surface area contributed by atoms with E-state index in [1.54, 1.807) is 18.2 Å². The van der Waals surface area contributed by atoms with Crippen LogP contribution in [0.2, 0.25) is 0 Å². The number of anilines is 2. The molecule has 1 aliphatic carbocycles. The van der Waals surface area contributed by atoms with Crippen LogP contribution in [0, 0.1) is 11.3 Å². The Kier molecular flexibility index (Phi) is 4.26. The molecule has 5 heteroatoms. The Morgan fingerprint density at radius 1 is 1.03 bits per heavy atom. The lowest BCUT2D eigenvalue weighted by molar-refractivity contribution is 0.0698. The van der Waals surface area contributed by atoms with E-state index in [1.165, 1.54) is 0 Å². The molecule has 1 heterocycles. The molecule has 0 saturated heterocycles. The fourth-order valence-electron chi connectivity index (χ4n) is 3.82. The molecule has 5 nitrogen and oxygen atoms in total. The number of benzene rings is 3. The van der Waals surface area contributed by atoms with Gasteiger partial charge in [0.15, 0.2) is 0 Å². The Labute approximate surface area is 173 Å². The van der Waals surface area contributed by atoms with Crippen LogP contribution in [0.4, 0.5) is 11.4 Å². The highest BCUT2D eigenvalue weighted by Crippen LogP contribution is 2.41. The Balaban J connectivity index is 1.46. The van der Waals surface area contributed by atoms with E-state index < -0.39 is 5.97 Å². The molecule has 3 aromatic carbocycles. The number of nitrogens with one attached hydrogen (secondary N) is 1. The zero-order valence-corrected chi connectivity index (χ0v) is 16.2. The lowest BCUT2D eigenvalue weighted by Crippen LogP contribution is -2.03. The quantitative estimate of drug-likeness (QED) is 0.448. The van der Waals surface area contributed by atoms with Crippen LogP contribution < -0.4 is 5.32 Å². The molecule has 0 unspecified atom stereocenters. The van der Waals surface area contributed by atoms with Gasteiger partial charge in [-0.3, -0.25) is 0 Å². The van der Waals surface area contributed by atoms with Crippen molar-refractivity contribution in [3.05, 3.63) is 89.6 Å². The summed E-state index contributed by atoms with van der Waals surface area (Å²) in [6, 6.07) is 23.2. The highest BCUT2D eigenvalue weighted by Gasteiger charge is 2.25. The third-order valence-electron chi connectivity index (χ3n) is 5.57. The van der Waals surface area contributed by atoms with Gasteiger partial charge in [-0.1, -0.05) is 6.07 Å². The third-order valence-corrected chi connectivity index (χ3v) is 5.57. The number of aromatic carboxylic acids is 1. The number of rotatable bonds is 5. The topological polar surface area (TPSA) is 78.0 Å². The van der Waals surface area contributed by atoms with E-state index in [1.807, 2.05) is 54.7 Å². The SMILES string of the molecule is N#Cc1ccc(-n2ccc3cc(Nc4ccc(C5CC5)cc4C(=O)O)ccc32)cc1. The van der Waals surface area contributed by atoms with E-state index in [2.05, 4.69) is 16.0 Å². The van der Waals surface area contributed by atoms with Crippen molar-refractivity contribution in [3.8, 4) is 11.8 Å². The minimum atomic E-state index is -0.923. The highest BCUT2D eigenvalue weighted by molar-refractivity contribution is 5.96. The van der Waals surface area contributed by atoms with Crippen LogP contribution in [0.1, 0.15) is 40.2 Å². The minimum absolute atomic E-state index is 0.301. The maximum Gasteiger partial charge on any atom is 0.337 e. The van der Waals surface area contributed by atoms with Crippen LogP contribution in [-0.4, -0.2) is 15.6 Å². The Hall–Kier alpha value is -4.04. The van der Waals surface area contributed by atoms with Crippen molar-refractivity contribution in [1.82, 2.24) is 4.57 Å². The van der Waals surface area contributed by atoms with Crippen molar-refractivity contribution >= 4 is 28.2 Å².